The molecule has 2 aromatic carbocycles. The summed E-state index contributed by atoms with van der Waals surface area (Å²) in [5.74, 6) is -0.0240. The fourth-order valence-corrected chi connectivity index (χ4v) is 2.30. The van der Waals surface area contributed by atoms with Crippen molar-refractivity contribution < 1.29 is 9.13 Å². The highest BCUT2D eigenvalue weighted by Gasteiger charge is 2.06. The predicted octanol–water partition coefficient (Wildman–Crippen LogP) is 3.77. The first-order valence-electron chi connectivity index (χ1n) is 6.65. The normalized spacial score (nSPS) is 10.8. The second kappa shape index (κ2) is 6.53. The molecule has 0 N–H and O–H groups in total. The van der Waals surface area contributed by atoms with Gasteiger partial charge in [-0.1, -0.05) is 35.9 Å². The Kier molecular flexibility index (Phi) is 4.74. The van der Waals surface area contributed by atoms with Gasteiger partial charge in [0.15, 0.2) is 11.6 Å². The topological polar surface area (TPSA) is 12.5 Å². The van der Waals surface area contributed by atoms with Gasteiger partial charge in [-0.05, 0) is 37.2 Å². The van der Waals surface area contributed by atoms with Crippen LogP contribution in [0.25, 0.3) is 0 Å². The molecule has 0 atom stereocenters. The maximum atomic E-state index is 13.6. The van der Waals surface area contributed by atoms with Crippen molar-refractivity contribution in [1.82, 2.24) is 4.90 Å². The number of benzene rings is 2. The van der Waals surface area contributed by atoms with Crippen LogP contribution in [0.3, 0.4) is 0 Å². The molecule has 0 aliphatic heterocycles. The summed E-state index contributed by atoms with van der Waals surface area (Å²) in [6, 6.07) is 13.5. The molecule has 0 fully saturated rings. The third-order valence-electron chi connectivity index (χ3n) is 3.20. The van der Waals surface area contributed by atoms with E-state index < -0.39 is 0 Å². The van der Waals surface area contributed by atoms with Crippen LogP contribution in [0.5, 0.6) is 5.75 Å². The molecule has 3 heteroatoms. The van der Waals surface area contributed by atoms with E-state index in [9.17, 15) is 4.39 Å². The van der Waals surface area contributed by atoms with Gasteiger partial charge in [0.1, 0.15) is 0 Å². The highest BCUT2D eigenvalue weighted by Crippen LogP contribution is 2.19. The smallest absolute Gasteiger partial charge is 0.165 e. The molecule has 0 amide bonds. The lowest BCUT2D eigenvalue weighted by atomic mass is 10.1. The van der Waals surface area contributed by atoms with Crippen LogP contribution in [-0.2, 0) is 13.1 Å². The Balaban J connectivity index is 2.01. The summed E-state index contributed by atoms with van der Waals surface area (Å²) < 4.78 is 18.6. The van der Waals surface area contributed by atoms with Crippen LogP contribution in [0.4, 0.5) is 4.39 Å². The number of aryl methyl sites for hydroxylation is 1. The van der Waals surface area contributed by atoms with Crippen molar-refractivity contribution in [1.29, 1.82) is 0 Å². The molecular weight excluding hydrogens is 253 g/mol. The second-order valence-corrected chi connectivity index (χ2v) is 5.13. The number of ether oxygens (including phenoxy) is 1. The molecule has 0 radical (unpaired) electrons. The average Bonchev–Trinajstić information content (AvgIpc) is 2.38. The lowest BCUT2D eigenvalue weighted by Gasteiger charge is -2.17. The molecule has 0 aliphatic carbocycles. The first kappa shape index (κ1) is 14.5. The fourth-order valence-electron chi connectivity index (χ4n) is 2.30. The van der Waals surface area contributed by atoms with Gasteiger partial charge >= 0.3 is 0 Å². The maximum Gasteiger partial charge on any atom is 0.165 e. The molecule has 0 saturated heterocycles. The number of methoxy groups -OCH3 is 1. The molecule has 2 nitrogen and oxygen atoms in total. The van der Waals surface area contributed by atoms with Gasteiger partial charge in [0.2, 0.25) is 0 Å². The highest BCUT2D eigenvalue weighted by atomic mass is 19.1. The van der Waals surface area contributed by atoms with E-state index in [1.165, 1.54) is 24.3 Å². The van der Waals surface area contributed by atoms with Gasteiger partial charge in [0, 0.05) is 13.1 Å². The standard InChI is InChI=1S/C17H20FNO/c1-13-5-4-6-14(9-13)11-19(2)12-15-7-8-17(20-3)16(18)10-15/h4-10H,11-12H2,1-3H3. The van der Waals surface area contributed by atoms with Crippen LogP contribution in [-0.4, -0.2) is 19.1 Å². The second-order valence-electron chi connectivity index (χ2n) is 5.13. The molecule has 0 heterocycles. The van der Waals surface area contributed by atoms with Gasteiger partial charge in [-0.25, -0.2) is 4.39 Å². The predicted molar refractivity (Wildman–Crippen MR) is 79.3 cm³/mol. The fraction of sp³-hybridized carbons (Fsp3) is 0.294. The zero-order chi connectivity index (χ0) is 14.5. The molecule has 0 unspecified atom stereocenters. The monoisotopic (exact) mass is 273 g/mol. The van der Waals surface area contributed by atoms with Crippen molar-refractivity contribution in [3.8, 4) is 5.75 Å². The molecule has 2 rings (SSSR count). The summed E-state index contributed by atoms with van der Waals surface area (Å²) in [5.41, 5.74) is 3.46. The zero-order valence-electron chi connectivity index (χ0n) is 12.2. The number of halogens is 1. The maximum absolute atomic E-state index is 13.6. The van der Waals surface area contributed by atoms with Crippen molar-refractivity contribution in [2.24, 2.45) is 0 Å². The van der Waals surface area contributed by atoms with E-state index in [2.05, 4.69) is 36.1 Å². The highest BCUT2D eigenvalue weighted by molar-refractivity contribution is 5.29. The average molecular weight is 273 g/mol. The summed E-state index contributed by atoms with van der Waals surface area (Å²) in [7, 11) is 3.51. The van der Waals surface area contributed by atoms with Gasteiger partial charge in [-0.3, -0.25) is 4.90 Å². The number of nitrogens with zero attached hydrogens (tertiary/aromatic N) is 1. The van der Waals surface area contributed by atoms with E-state index in [1.54, 1.807) is 6.07 Å². The van der Waals surface area contributed by atoms with Crippen LogP contribution in [0.1, 0.15) is 16.7 Å². The van der Waals surface area contributed by atoms with Gasteiger partial charge < -0.3 is 4.74 Å². The molecule has 106 valence electrons. The number of hydrogen-bond acceptors (Lipinski definition) is 2. The van der Waals surface area contributed by atoms with E-state index >= 15 is 0 Å². The van der Waals surface area contributed by atoms with Gasteiger partial charge in [-0.2, -0.15) is 0 Å². The summed E-state index contributed by atoms with van der Waals surface area (Å²) in [6.45, 7) is 3.63. The first-order chi connectivity index (χ1) is 9.58. The van der Waals surface area contributed by atoms with Crippen molar-refractivity contribution in [2.75, 3.05) is 14.2 Å². The molecule has 0 aromatic heterocycles. The molecule has 0 bridgehead atoms. The summed E-state index contributed by atoms with van der Waals surface area (Å²) in [6.07, 6.45) is 0. The van der Waals surface area contributed by atoms with Gasteiger partial charge in [0.05, 0.1) is 7.11 Å². The molecular formula is C17H20FNO. The van der Waals surface area contributed by atoms with E-state index in [4.69, 9.17) is 4.74 Å². The summed E-state index contributed by atoms with van der Waals surface area (Å²) >= 11 is 0. The Morgan fingerprint density at radius 1 is 1.05 bits per heavy atom. The molecule has 20 heavy (non-hydrogen) atoms. The SMILES string of the molecule is COc1ccc(CN(C)Cc2cccc(C)c2)cc1F. The van der Waals surface area contributed by atoms with E-state index in [0.717, 1.165) is 12.1 Å². The van der Waals surface area contributed by atoms with E-state index in [1.807, 2.05) is 13.1 Å². The zero-order valence-corrected chi connectivity index (χ0v) is 12.2. The third-order valence-corrected chi connectivity index (χ3v) is 3.20. The van der Waals surface area contributed by atoms with Crippen molar-refractivity contribution >= 4 is 0 Å². The minimum absolute atomic E-state index is 0.287. The lowest BCUT2D eigenvalue weighted by molar-refractivity contribution is 0.317. The lowest BCUT2D eigenvalue weighted by Crippen LogP contribution is -2.17. The van der Waals surface area contributed by atoms with Crippen LogP contribution in [0, 0.1) is 12.7 Å². The number of hydrogen-bond donors (Lipinski definition) is 0. The summed E-state index contributed by atoms with van der Waals surface area (Å²) in [4.78, 5) is 2.16. The first-order valence-corrected chi connectivity index (χ1v) is 6.65. The largest absolute Gasteiger partial charge is 0.494 e. The quantitative estimate of drug-likeness (QED) is 0.822. The Bertz CT molecular complexity index is 583. The Hall–Kier alpha value is -1.87. The van der Waals surface area contributed by atoms with Crippen molar-refractivity contribution in [3.63, 3.8) is 0 Å². The van der Waals surface area contributed by atoms with E-state index in [0.29, 0.717) is 6.54 Å². The van der Waals surface area contributed by atoms with Gasteiger partial charge in [0.25, 0.3) is 0 Å². The Morgan fingerprint density at radius 3 is 2.35 bits per heavy atom. The molecule has 0 saturated carbocycles. The molecule has 2 aromatic rings. The van der Waals surface area contributed by atoms with Crippen LogP contribution in [0.15, 0.2) is 42.5 Å². The minimum atomic E-state index is -0.311. The minimum Gasteiger partial charge on any atom is -0.494 e. The van der Waals surface area contributed by atoms with E-state index in [-0.39, 0.29) is 11.6 Å². The van der Waals surface area contributed by atoms with Crippen molar-refractivity contribution in [3.05, 3.63) is 65.0 Å². The molecule has 0 spiro atoms. The van der Waals surface area contributed by atoms with Crippen LogP contribution >= 0.6 is 0 Å². The Labute approximate surface area is 119 Å². The van der Waals surface area contributed by atoms with Crippen LogP contribution in [0.2, 0.25) is 0 Å². The van der Waals surface area contributed by atoms with Crippen molar-refractivity contribution in [2.45, 2.75) is 20.0 Å². The number of rotatable bonds is 5. The van der Waals surface area contributed by atoms with Gasteiger partial charge in [-0.15, -0.1) is 0 Å². The summed E-state index contributed by atoms with van der Waals surface area (Å²) in [5, 5.41) is 0. The Morgan fingerprint density at radius 2 is 1.75 bits per heavy atom. The molecule has 0 aliphatic rings. The van der Waals surface area contributed by atoms with Crippen LogP contribution < -0.4 is 4.74 Å². The third kappa shape index (κ3) is 3.81.